The molecule has 0 atom stereocenters. The van der Waals surface area contributed by atoms with Crippen molar-refractivity contribution in [1.82, 2.24) is 10.3 Å². The monoisotopic (exact) mass is 402 g/mol. The van der Waals surface area contributed by atoms with E-state index < -0.39 is 15.9 Å². The third kappa shape index (κ3) is 5.11. The van der Waals surface area contributed by atoms with Gasteiger partial charge >= 0.3 is 0 Å². The summed E-state index contributed by atoms with van der Waals surface area (Å²) in [6.07, 6.45) is 6.04. The Morgan fingerprint density at radius 1 is 1.00 bits per heavy atom. The molecule has 2 N–H and O–H groups in total. The number of hydrogen-bond acceptors (Lipinski definition) is 4. The Bertz CT molecular complexity index is 887. The molecular weight excluding hydrogens is 376 g/mol. The maximum Gasteiger partial charge on any atom is 0.266 e. The molecule has 2 aromatic carbocycles. The molecule has 28 heavy (non-hydrogen) atoms. The minimum atomic E-state index is -3.83. The van der Waals surface area contributed by atoms with Crippen molar-refractivity contribution in [2.75, 3.05) is 6.61 Å². The topological polar surface area (TPSA) is 84.5 Å². The Morgan fingerprint density at radius 2 is 1.64 bits per heavy atom. The largest absolute Gasteiger partial charge is 0.494 e. The summed E-state index contributed by atoms with van der Waals surface area (Å²) in [5, 5.41) is 0. The number of carbonyl (C=O) groups excluding carboxylic acids is 1. The zero-order valence-electron chi connectivity index (χ0n) is 16.0. The second kappa shape index (κ2) is 9.21. The van der Waals surface area contributed by atoms with Gasteiger partial charge in [-0.15, -0.1) is 4.83 Å². The molecule has 0 radical (unpaired) electrons. The van der Waals surface area contributed by atoms with E-state index in [9.17, 15) is 13.2 Å². The summed E-state index contributed by atoms with van der Waals surface area (Å²) >= 11 is 0. The molecule has 1 fully saturated rings. The fraction of sp³-hybridized carbons (Fsp3) is 0.381. The highest BCUT2D eigenvalue weighted by Crippen LogP contribution is 2.32. The van der Waals surface area contributed by atoms with Crippen molar-refractivity contribution in [3.63, 3.8) is 0 Å². The van der Waals surface area contributed by atoms with Crippen molar-refractivity contribution < 1.29 is 17.9 Å². The second-order valence-corrected chi connectivity index (χ2v) is 8.60. The molecule has 0 aromatic heterocycles. The van der Waals surface area contributed by atoms with Crippen molar-refractivity contribution in [2.45, 2.75) is 49.8 Å². The zero-order chi connectivity index (χ0) is 20.0. The van der Waals surface area contributed by atoms with Gasteiger partial charge in [0.1, 0.15) is 5.75 Å². The van der Waals surface area contributed by atoms with Gasteiger partial charge < -0.3 is 4.74 Å². The van der Waals surface area contributed by atoms with Crippen LogP contribution in [0.25, 0.3) is 0 Å². The first-order valence-corrected chi connectivity index (χ1v) is 11.1. The van der Waals surface area contributed by atoms with Crippen LogP contribution in [-0.4, -0.2) is 20.9 Å². The predicted octanol–water partition coefficient (Wildman–Crippen LogP) is 3.76. The van der Waals surface area contributed by atoms with E-state index in [2.05, 4.69) is 10.3 Å². The first kappa shape index (κ1) is 20.4. The normalized spacial score (nSPS) is 15.2. The van der Waals surface area contributed by atoms with Crippen LogP contribution in [0.4, 0.5) is 0 Å². The number of ether oxygens (including phenoxy) is 1. The molecule has 150 valence electrons. The average Bonchev–Trinajstić information content (AvgIpc) is 2.74. The first-order valence-electron chi connectivity index (χ1n) is 9.64. The highest BCUT2D eigenvalue weighted by Gasteiger charge is 2.19. The molecule has 1 amide bonds. The summed E-state index contributed by atoms with van der Waals surface area (Å²) < 4.78 is 30.2. The maximum atomic E-state index is 12.4. The van der Waals surface area contributed by atoms with E-state index in [1.807, 2.05) is 19.1 Å². The highest BCUT2D eigenvalue weighted by atomic mass is 32.2. The second-order valence-electron chi connectivity index (χ2n) is 6.92. The molecule has 0 bridgehead atoms. The lowest BCUT2D eigenvalue weighted by Gasteiger charge is -2.22. The van der Waals surface area contributed by atoms with E-state index in [-0.39, 0.29) is 4.90 Å². The van der Waals surface area contributed by atoms with Crippen LogP contribution in [0, 0.1) is 0 Å². The van der Waals surface area contributed by atoms with Gasteiger partial charge in [-0.25, -0.2) is 8.42 Å². The van der Waals surface area contributed by atoms with Crippen LogP contribution in [0.3, 0.4) is 0 Å². The molecule has 1 aliphatic carbocycles. The van der Waals surface area contributed by atoms with E-state index in [0.29, 0.717) is 23.8 Å². The Morgan fingerprint density at radius 3 is 2.25 bits per heavy atom. The maximum absolute atomic E-state index is 12.4. The standard InChI is InChI=1S/C21H26N2O4S/c1-2-27-19-12-8-18(9-13-19)21(24)22-23-28(25,26)20-14-10-17(11-15-20)16-6-4-3-5-7-16/h8-16,23H,2-7H2,1H3,(H,22,24). The summed E-state index contributed by atoms with van der Waals surface area (Å²) in [7, 11) is -3.83. The summed E-state index contributed by atoms with van der Waals surface area (Å²) in [4.78, 5) is 14.5. The SMILES string of the molecule is CCOc1ccc(C(=O)NNS(=O)(=O)c2ccc(C3CCCCC3)cc2)cc1. The molecule has 2 aromatic rings. The number of amides is 1. The minimum Gasteiger partial charge on any atom is -0.494 e. The summed E-state index contributed by atoms with van der Waals surface area (Å²) in [5.41, 5.74) is 3.76. The van der Waals surface area contributed by atoms with Crippen LogP contribution in [0.15, 0.2) is 53.4 Å². The van der Waals surface area contributed by atoms with Crippen molar-refractivity contribution in [2.24, 2.45) is 0 Å². The Hall–Kier alpha value is -2.38. The molecule has 6 nitrogen and oxygen atoms in total. The minimum absolute atomic E-state index is 0.124. The Kier molecular flexibility index (Phi) is 6.70. The summed E-state index contributed by atoms with van der Waals surface area (Å²) in [6.45, 7) is 2.40. The van der Waals surface area contributed by atoms with E-state index in [1.165, 1.54) is 24.8 Å². The van der Waals surface area contributed by atoms with Gasteiger partial charge in [-0.3, -0.25) is 10.2 Å². The van der Waals surface area contributed by atoms with Crippen molar-refractivity contribution in [1.29, 1.82) is 0 Å². The smallest absolute Gasteiger partial charge is 0.266 e. The van der Waals surface area contributed by atoms with E-state index in [0.717, 1.165) is 12.8 Å². The summed E-state index contributed by atoms with van der Waals surface area (Å²) in [6, 6.07) is 13.4. The number of hydrazine groups is 1. The molecule has 0 unspecified atom stereocenters. The fourth-order valence-electron chi connectivity index (χ4n) is 3.47. The van der Waals surface area contributed by atoms with Gasteiger partial charge in [0.25, 0.3) is 15.9 Å². The van der Waals surface area contributed by atoms with Gasteiger partial charge in [-0.05, 0) is 67.6 Å². The lowest BCUT2D eigenvalue weighted by Crippen LogP contribution is -2.41. The Balaban J connectivity index is 1.60. The van der Waals surface area contributed by atoms with Crippen LogP contribution >= 0.6 is 0 Å². The van der Waals surface area contributed by atoms with Gasteiger partial charge in [0.15, 0.2) is 0 Å². The van der Waals surface area contributed by atoms with Crippen molar-refractivity contribution >= 4 is 15.9 Å². The quantitative estimate of drug-likeness (QED) is 0.691. The molecule has 7 heteroatoms. The number of rotatable bonds is 7. The van der Waals surface area contributed by atoms with Crippen molar-refractivity contribution in [3.8, 4) is 5.75 Å². The van der Waals surface area contributed by atoms with Gasteiger partial charge in [-0.1, -0.05) is 31.4 Å². The molecule has 0 heterocycles. The molecule has 0 aliphatic heterocycles. The average molecular weight is 403 g/mol. The number of benzene rings is 2. The van der Waals surface area contributed by atoms with Crippen LogP contribution in [0.2, 0.25) is 0 Å². The molecule has 0 saturated heterocycles. The van der Waals surface area contributed by atoms with Crippen LogP contribution < -0.4 is 15.0 Å². The molecule has 1 aliphatic rings. The van der Waals surface area contributed by atoms with Crippen LogP contribution in [0.1, 0.15) is 60.9 Å². The van der Waals surface area contributed by atoms with Crippen molar-refractivity contribution in [3.05, 3.63) is 59.7 Å². The Labute approximate surface area is 166 Å². The number of carbonyl (C=O) groups is 1. The summed E-state index contributed by atoms with van der Waals surface area (Å²) in [5.74, 6) is 0.626. The molecule has 3 rings (SSSR count). The number of nitrogens with one attached hydrogen (secondary N) is 2. The first-order chi connectivity index (χ1) is 13.5. The molecule has 0 spiro atoms. The fourth-order valence-corrected chi connectivity index (χ4v) is 4.31. The number of hydrogen-bond donors (Lipinski definition) is 2. The lowest BCUT2D eigenvalue weighted by molar-refractivity contribution is 0.0945. The number of sulfonamides is 1. The van der Waals surface area contributed by atoms with Gasteiger partial charge in [0.2, 0.25) is 0 Å². The van der Waals surface area contributed by atoms with Gasteiger partial charge in [0, 0.05) is 5.56 Å². The lowest BCUT2D eigenvalue weighted by atomic mass is 9.84. The molecular formula is C21H26N2O4S. The predicted molar refractivity (Wildman–Crippen MR) is 108 cm³/mol. The zero-order valence-corrected chi connectivity index (χ0v) is 16.8. The van der Waals surface area contributed by atoms with Gasteiger partial charge in [-0.2, -0.15) is 0 Å². The van der Waals surface area contributed by atoms with E-state index in [1.54, 1.807) is 36.4 Å². The van der Waals surface area contributed by atoms with Crippen LogP contribution in [0.5, 0.6) is 5.75 Å². The van der Waals surface area contributed by atoms with E-state index >= 15 is 0 Å². The van der Waals surface area contributed by atoms with Gasteiger partial charge in [0.05, 0.1) is 11.5 Å². The highest BCUT2D eigenvalue weighted by molar-refractivity contribution is 7.89. The van der Waals surface area contributed by atoms with Crippen LogP contribution in [-0.2, 0) is 10.0 Å². The third-order valence-corrected chi connectivity index (χ3v) is 6.26. The van der Waals surface area contributed by atoms with E-state index in [4.69, 9.17) is 4.74 Å². The third-order valence-electron chi connectivity index (χ3n) is 4.99. The molecule has 1 saturated carbocycles.